The van der Waals surface area contributed by atoms with Gasteiger partial charge in [0.25, 0.3) is 0 Å². The van der Waals surface area contributed by atoms with Gasteiger partial charge in [0.15, 0.2) is 5.82 Å². The Kier molecular flexibility index (Phi) is 5.05. The molecule has 0 radical (unpaired) electrons. The summed E-state index contributed by atoms with van der Waals surface area (Å²) in [6.07, 6.45) is 1.48. The van der Waals surface area contributed by atoms with E-state index in [4.69, 9.17) is 10.3 Å². The lowest BCUT2D eigenvalue weighted by molar-refractivity contribution is 0.256. The molecule has 1 aromatic rings. The number of hydrogen-bond donors (Lipinski definition) is 1. The van der Waals surface area contributed by atoms with Crippen molar-refractivity contribution in [1.82, 2.24) is 15.0 Å². The molecule has 2 N–H and O–H groups in total. The van der Waals surface area contributed by atoms with Crippen LogP contribution in [0.1, 0.15) is 30.2 Å². The quantitative estimate of drug-likeness (QED) is 0.822. The molecule has 0 bridgehead atoms. The van der Waals surface area contributed by atoms with Crippen molar-refractivity contribution in [3.05, 3.63) is 11.7 Å². The lowest BCUT2D eigenvalue weighted by Crippen LogP contribution is -2.33. The molecule has 2 heterocycles. The second kappa shape index (κ2) is 6.42. The highest BCUT2D eigenvalue weighted by Gasteiger charge is 2.27. The van der Waals surface area contributed by atoms with E-state index >= 15 is 0 Å². The minimum atomic E-state index is -3.03. The van der Waals surface area contributed by atoms with E-state index in [0.29, 0.717) is 11.7 Å². The third-order valence-corrected chi connectivity index (χ3v) is 5.27. The Balaban J connectivity index is 2.01. The third-order valence-electron chi connectivity index (χ3n) is 3.27. The average molecular weight is 320 g/mol. The Bertz CT molecular complexity index is 546. The summed E-state index contributed by atoms with van der Waals surface area (Å²) in [5, 5.41) is 3.99. The SMILES string of the molecule is CN1CCSCC1c1noc(C(N)CCS(C)(=O)=O)n1. The first-order chi connectivity index (χ1) is 9.37. The van der Waals surface area contributed by atoms with Crippen molar-refractivity contribution in [2.45, 2.75) is 18.5 Å². The van der Waals surface area contributed by atoms with Crippen LogP contribution in [0.3, 0.4) is 0 Å². The summed E-state index contributed by atoms with van der Waals surface area (Å²) in [4.78, 5) is 6.52. The molecule has 114 valence electrons. The number of thioether (sulfide) groups is 1. The second-order valence-corrected chi connectivity index (χ2v) is 8.50. The zero-order valence-corrected chi connectivity index (χ0v) is 13.3. The highest BCUT2D eigenvalue weighted by atomic mass is 32.2. The molecule has 1 aromatic heterocycles. The smallest absolute Gasteiger partial charge is 0.243 e. The van der Waals surface area contributed by atoms with Gasteiger partial charge in [0, 0.05) is 24.3 Å². The molecule has 2 unspecified atom stereocenters. The molecule has 1 saturated heterocycles. The van der Waals surface area contributed by atoms with Crippen LogP contribution in [0, 0.1) is 0 Å². The molecule has 20 heavy (non-hydrogen) atoms. The number of aromatic nitrogens is 2. The predicted octanol–water partition coefficient (Wildman–Crippen LogP) is 0.224. The number of rotatable bonds is 5. The largest absolute Gasteiger partial charge is 0.338 e. The molecule has 1 aliphatic heterocycles. The van der Waals surface area contributed by atoms with Gasteiger partial charge in [0.05, 0.1) is 17.8 Å². The predicted molar refractivity (Wildman–Crippen MR) is 78.3 cm³/mol. The Labute approximate surface area is 123 Å². The number of sulfone groups is 1. The molecular weight excluding hydrogens is 300 g/mol. The molecule has 7 nitrogen and oxygen atoms in total. The number of nitrogens with two attached hydrogens (primary N) is 1. The van der Waals surface area contributed by atoms with Crippen LogP contribution in [0.15, 0.2) is 4.52 Å². The van der Waals surface area contributed by atoms with Crippen LogP contribution >= 0.6 is 11.8 Å². The third kappa shape index (κ3) is 4.18. The molecule has 1 aliphatic rings. The lowest BCUT2D eigenvalue weighted by atomic mass is 10.2. The van der Waals surface area contributed by atoms with Crippen LogP contribution in [-0.2, 0) is 9.84 Å². The van der Waals surface area contributed by atoms with Crippen LogP contribution in [0.4, 0.5) is 0 Å². The first kappa shape index (κ1) is 15.7. The Morgan fingerprint density at radius 1 is 1.60 bits per heavy atom. The number of hydrogen-bond acceptors (Lipinski definition) is 8. The molecule has 0 amide bonds. The molecule has 0 aromatic carbocycles. The van der Waals surface area contributed by atoms with Gasteiger partial charge in [-0.3, -0.25) is 4.90 Å². The van der Waals surface area contributed by atoms with E-state index < -0.39 is 15.9 Å². The van der Waals surface area contributed by atoms with Crippen LogP contribution in [0.2, 0.25) is 0 Å². The standard InChI is InChI=1S/C11H20N4O3S2/c1-15-4-5-19-7-9(15)10-13-11(18-14-10)8(12)3-6-20(2,16)17/h8-9H,3-7,12H2,1-2H3. The van der Waals surface area contributed by atoms with Crippen molar-refractivity contribution in [3.63, 3.8) is 0 Å². The van der Waals surface area contributed by atoms with Gasteiger partial charge in [-0.05, 0) is 13.5 Å². The van der Waals surface area contributed by atoms with Crippen LogP contribution in [0.25, 0.3) is 0 Å². The van der Waals surface area contributed by atoms with E-state index in [9.17, 15) is 8.42 Å². The van der Waals surface area contributed by atoms with Gasteiger partial charge in [-0.1, -0.05) is 5.16 Å². The van der Waals surface area contributed by atoms with Crippen LogP contribution in [0.5, 0.6) is 0 Å². The van der Waals surface area contributed by atoms with Crippen molar-refractivity contribution < 1.29 is 12.9 Å². The van der Waals surface area contributed by atoms with Crippen LogP contribution in [-0.4, -0.2) is 60.6 Å². The van der Waals surface area contributed by atoms with Crippen molar-refractivity contribution in [2.75, 3.05) is 37.1 Å². The molecule has 9 heteroatoms. The van der Waals surface area contributed by atoms with E-state index in [1.54, 1.807) is 0 Å². The van der Waals surface area contributed by atoms with Gasteiger partial charge in [0.2, 0.25) is 5.89 Å². The highest BCUT2D eigenvalue weighted by molar-refractivity contribution is 7.99. The molecular formula is C11H20N4O3S2. The molecule has 0 saturated carbocycles. The molecule has 1 fully saturated rings. The van der Waals surface area contributed by atoms with Crippen molar-refractivity contribution in [3.8, 4) is 0 Å². The average Bonchev–Trinajstić information content (AvgIpc) is 2.85. The van der Waals surface area contributed by atoms with E-state index in [-0.39, 0.29) is 18.2 Å². The topological polar surface area (TPSA) is 102 Å². The van der Waals surface area contributed by atoms with Crippen LogP contribution < -0.4 is 5.73 Å². The lowest BCUT2D eigenvalue weighted by Gasteiger charge is -2.29. The molecule has 2 atom stereocenters. The van der Waals surface area contributed by atoms with Gasteiger partial charge >= 0.3 is 0 Å². The maximum atomic E-state index is 11.1. The summed E-state index contributed by atoms with van der Waals surface area (Å²) in [5.74, 6) is 2.99. The summed E-state index contributed by atoms with van der Waals surface area (Å²) in [6.45, 7) is 0.985. The van der Waals surface area contributed by atoms with E-state index in [1.165, 1.54) is 6.26 Å². The highest BCUT2D eigenvalue weighted by Crippen LogP contribution is 2.27. The fourth-order valence-electron chi connectivity index (χ4n) is 1.96. The van der Waals surface area contributed by atoms with E-state index in [0.717, 1.165) is 18.1 Å². The molecule has 0 spiro atoms. The van der Waals surface area contributed by atoms with Gasteiger partial charge in [0.1, 0.15) is 9.84 Å². The summed E-state index contributed by atoms with van der Waals surface area (Å²) in [6, 6.07) is -0.402. The minimum absolute atomic E-state index is 0.0189. The Hall–Kier alpha value is -0.640. The van der Waals surface area contributed by atoms with E-state index in [2.05, 4.69) is 15.0 Å². The summed E-state index contributed by atoms with van der Waals surface area (Å²) < 4.78 is 27.4. The number of nitrogens with zero attached hydrogens (tertiary/aromatic N) is 3. The molecule has 2 rings (SSSR count). The maximum absolute atomic E-state index is 11.1. The Morgan fingerprint density at radius 2 is 2.35 bits per heavy atom. The zero-order chi connectivity index (χ0) is 14.8. The van der Waals surface area contributed by atoms with Gasteiger partial charge in [-0.15, -0.1) is 0 Å². The monoisotopic (exact) mass is 320 g/mol. The Morgan fingerprint density at radius 3 is 3.00 bits per heavy atom. The van der Waals surface area contributed by atoms with Gasteiger partial charge in [-0.25, -0.2) is 8.42 Å². The maximum Gasteiger partial charge on any atom is 0.243 e. The van der Waals surface area contributed by atoms with Crippen molar-refractivity contribution >= 4 is 21.6 Å². The van der Waals surface area contributed by atoms with Gasteiger partial charge < -0.3 is 10.3 Å². The normalized spacial score (nSPS) is 22.9. The molecule has 0 aliphatic carbocycles. The van der Waals surface area contributed by atoms with Crippen molar-refractivity contribution in [1.29, 1.82) is 0 Å². The minimum Gasteiger partial charge on any atom is -0.338 e. The second-order valence-electron chi connectivity index (χ2n) is 5.09. The fraction of sp³-hybridized carbons (Fsp3) is 0.818. The summed E-state index contributed by atoms with van der Waals surface area (Å²) in [7, 11) is -0.999. The fourth-order valence-corrected chi connectivity index (χ4v) is 3.85. The van der Waals surface area contributed by atoms with Crippen molar-refractivity contribution in [2.24, 2.45) is 5.73 Å². The zero-order valence-electron chi connectivity index (χ0n) is 11.7. The van der Waals surface area contributed by atoms with E-state index in [1.807, 2.05) is 18.8 Å². The first-order valence-electron chi connectivity index (χ1n) is 6.41. The van der Waals surface area contributed by atoms with Gasteiger partial charge in [-0.2, -0.15) is 16.7 Å². The summed E-state index contributed by atoms with van der Waals surface area (Å²) in [5.41, 5.74) is 5.90. The summed E-state index contributed by atoms with van der Waals surface area (Å²) >= 11 is 1.86. The first-order valence-corrected chi connectivity index (χ1v) is 9.63.